The van der Waals surface area contributed by atoms with Gasteiger partial charge in [0.25, 0.3) is 0 Å². The lowest BCUT2D eigenvalue weighted by Gasteiger charge is -2.26. The van der Waals surface area contributed by atoms with Crippen LogP contribution in [0, 0.1) is 0 Å². The summed E-state index contributed by atoms with van der Waals surface area (Å²) >= 11 is 0. The van der Waals surface area contributed by atoms with Gasteiger partial charge in [-0.15, -0.1) is 0 Å². The minimum absolute atomic E-state index is 0.168. The molecule has 166 valence electrons. The molecule has 1 atom stereocenters. The fraction of sp³-hybridized carbons (Fsp3) is 0.192. The van der Waals surface area contributed by atoms with Crippen LogP contribution in [0.1, 0.15) is 29.5 Å². The minimum Gasteiger partial charge on any atom is -0.485 e. The molecular formula is C26H22N2O5. The fourth-order valence-corrected chi connectivity index (χ4v) is 3.55. The Morgan fingerprint density at radius 1 is 0.970 bits per heavy atom. The first kappa shape index (κ1) is 20.8. The van der Waals surface area contributed by atoms with Crippen LogP contribution in [0.4, 0.5) is 0 Å². The summed E-state index contributed by atoms with van der Waals surface area (Å²) < 4.78 is 22.6. The number of aryl methyl sites for hydroxylation is 1. The molecule has 0 amide bonds. The SMILES string of the molecule is O=C(CCc1nc(-c2cccc([C@H]3COc4ccccc4O3)c2)no1)OCc1ccccc1. The zero-order valence-corrected chi connectivity index (χ0v) is 17.8. The molecule has 1 aromatic heterocycles. The molecule has 0 saturated carbocycles. The van der Waals surface area contributed by atoms with Crippen LogP contribution in [-0.4, -0.2) is 22.7 Å². The highest BCUT2D eigenvalue weighted by molar-refractivity contribution is 5.69. The summed E-state index contributed by atoms with van der Waals surface area (Å²) in [6.45, 7) is 0.669. The van der Waals surface area contributed by atoms with E-state index in [1.807, 2.05) is 78.9 Å². The molecule has 5 rings (SSSR count). The Morgan fingerprint density at radius 3 is 2.67 bits per heavy atom. The molecule has 0 unspecified atom stereocenters. The van der Waals surface area contributed by atoms with Crippen LogP contribution in [0.15, 0.2) is 83.4 Å². The first-order valence-electron chi connectivity index (χ1n) is 10.8. The smallest absolute Gasteiger partial charge is 0.306 e. The van der Waals surface area contributed by atoms with Crippen molar-refractivity contribution in [3.8, 4) is 22.9 Å². The van der Waals surface area contributed by atoms with Gasteiger partial charge in [-0.05, 0) is 29.3 Å². The van der Waals surface area contributed by atoms with E-state index in [2.05, 4.69) is 10.1 Å². The highest BCUT2D eigenvalue weighted by Gasteiger charge is 2.23. The van der Waals surface area contributed by atoms with Gasteiger partial charge in [-0.2, -0.15) is 4.98 Å². The van der Waals surface area contributed by atoms with Crippen LogP contribution in [0.3, 0.4) is 0 Å². The topological polar surface area (TPSA) is 83.7 Å². The van der Waals surface area contributed by atoms with E-state index in [1.54, 1.807) is 0 Å². The van der Waals surface area contributed by atoms with Crippen LogP contribution >= 0.6 is 0 Å². The van der Waals surface area contributed by atoms with Gasteiger partial charge in [-0.3, -0.25) is 4.79 Å². The number of hydrogen-bond acceptors (Lipinski definition) is 7. The van der Waals surface area contributed by atoms with E-state index in [4.69, 9.17) is 18.7 Å². The third-order valence-corrected chi connectivity index (χ3v) is 5.28. The lowest BCUT2D eigenvalue weighted by Crippen LogP contribution is -2.21. The standard InChI is InChI=1S/C26H22N2O5/c29-25(31-16-18-7-2-1-3-8-18)14-13-24-27-26(28-33-24)20-10-6-9-19(15-20)23-17-30-21-11-4-5-12-22(21)32-23/h1-12,15,23H,13-14,16-17H2/t23-/m1/s1. The average molecular weight is 442 g/mol. The lowest BCUT2D eigenvalue weighted by molar-refractivity contribution is -0.145. The summed E-state index contributed by atoms with van der Waals surface area (Å²) in [5.74, 6) is 2.00. The Bertz CT molecular complexity index is 1240. The Balaban J connectivity index is 1.19. The van der Waals surface area contributed by atoms with Crippen molar-refractivity contribution in [2.45, 2.75) is 25.6 Å². The molecule has 0 fully saturated rings. The van der Waals surface area contributed by atoms with Crippen molar-refractivity contribution in [1.82, 2.24) is 10.1 Å². The Labute approximate surface area is 190 Å². The summed E-state index contributed by atoms with van der Waals surface area (Å²) in [6, 6.07) is 24.9. The molecule has 7 nitrogen and oxygen atoms in total. The van der Waals surface area contributed by atoms with Crippen LogP contribution < -0.4 is 9.47 Å². The first-order chi connectivity index (χ1) is 16.2. The first-order valence-corrected chi connectivity index (χ1v) is 10.8. The maximum absolute atomic E-state index is 12.0. The highest BCUT2D eigenvalue weighted by atomic mass is 16.6. The zero-order chi connectivity index (χ0) is 22.5. The summed E-state index contributed by atoms with van der Waals surface area (Å²) in [5, 5.41) is 4.07. The second-order valence-electron chi connectivity index (χ2n) is 7.65. The van der Waals surface area contributed by atoms with Gasteiger partial charge in [0.15, 0.2) is 17.6 Å². The van der Waals surface area contributed by atoms with E-state index in [-0.39, 0.29) is 25.1 Å². The molecule has 0 radical (unpaired) electrons. The number of esters is 1. The van der Waals surface area contributed by atoms with E-state index in [0.717, 1.165) is 28.2 Å². The van der Waals surface area contributed by atoms with Crippen molar-refractivity contribution in [3.63, 3.8) is 0 Å². The third-order valence-electron chi connectivity index (χ3n) is 5.28. The number of hydrogen-bond donors (Lipinski definition) is 0. The van der Waals surface area contributed by atoms with Gasteiger partial charge >= 0.3 is 5.97 Å². The minimum atomic E-state index is -0.310. The van der Waals surface area contributed by atoms with Gasteiger partial charge < -0.3 is 18.7 Å². The summed E-state index contributed by atoms with van der Waals surface area (Å²) in [6.07, 6.45) is 0.253. The number of aromatic nitrogens is 2. The van der Waals surface area contributed by atoms with Crippen LogP contribution in [0.25, 0.3) is 11.4 Å². The molecule has 1 aliphatic heterocycles. The van der Waals surface area contributed by atoms with E-state index in [1.165, 1.54) is 0 Å². The van der Waals surface area contributed by atoms with Gasteiger partial charge in [0.1, 0.15) is 13.2 Å². The number of ether oxygens (including phenoxy) is 3. The average Bonchev–Trinajstić information content (AvgIpc) is 3.36. The molecule has 7 heteroatoms. The third kappa shape index (κ3) is 5.03. The molecule has 1 aliphatic rings. The van der Waals surface area contributed by atoms with E-state index in [9.17, 15) is 4.79 Å². The molecule has 0 bridgehead atoms. The quantitative estimate of drug-likeness (QED) is 0.376. The van der Waals surface area contributed by atoms with Crippen molar-refractivity contribution < 1.29 is 23.5 Å². The Hall–Kier alpha value is -4.13. The van der Waals surface area contributed by atoms with Gasteiger partial charge in [0.2, 0.25) is 11.7 Å². The maximum atomic E-state index is 12.0. The number of carbonyl (C=O) groups is 1. The summed E-state index contributed by atoms with van der Waals surface area (Å²) in [7, 11) is 0. The monoisotopic (exact) mass is 442 g/mol. The number of nitrogens with zero attached hydrogens (tertiary/aromatic N) is 2. The number of carbonyl (C=O) groups excluding carboxylic acids is 1. The van der Waals surface area contributed by atoms with Crippen molar-refractivity contribution in [1.29, 1.82) is 0 Å². The largest absolute Gasteiger partial charge is 0.485 e. The van der Waals surface area contributed by atoms with Crippen molar-refractivity contribution in [3.05, 3.63) is 95.9 Å². The molecule has 0 saturated heterocycles. The molecule has 0 aliphatic carbocycles. The molecule has 33 heavy (non-hydrogen) atoms. The second-order valence-corrected chi connectivity index (χ2v) is 7.65. The van der Waals surface area contributed by atoms with Crippen LogP contribution in [0.2, 0.25) is 0 Å². The predicted molar refractivity (Wildman–Crippen MR) is 120 cm³/mol. The molecule has 4 aromatic rings. The second kappa shape index (κ2) is 9.56. The van der Waals surface area contributed by atoms with Crippen LogP contribution in [0.5, 0.6) is 11.5 Å². The summed E-state index contributed by atoms with van der Waals surface area (Å²) in [5.41, 5.74) is 2.70. The van der Waals surface area contributed by atoms with Crippen molar-refractivity contribution in [2.24, 2.45) is 0 Å². The van der Waals surface area contributed by atoms with Crippen molar-refractivity contribution >= 4 is 5.97 Å². The predicted octanol–water partition coefficient (Wildman–Crippen LogP) is 4.93. The fourth-order valence-electron chi connectivity index (χ4n) is 3.55. The number of fused-ring (bicyclic) bond motifs is 1. The molecular weight excluding hydrogens is 420 g/mol. The van der Waals surface area contributed by atoms with E-state index in [0.29, 0.717) is 24.7 Å². The summed E-state index contributed by atoms with van der Waals surface area (Å²) in [4.78, 5) is 16.5. The van der Waals surface area contributed by atoms with Crippen LogP contribution in [-0.2, 0) is 22.6 Å². The van der Waals surface area contributed by atoms with Crippen molar-refractivity contribution in [2.75, 3.05) is 6.61 Å². The van der Waals surface area contributed by atoms with E-state index < -0.39 is 0 Å². The lowest BCUT2D eigenvalue weighted by atomic mass is 10.1. The number of benzene rings is 3. The van der Waals surface area contributed by atoms with Gasteiger partial charge in [0, 0.05) is 12.0 Å². The zero-order valence-electron chi connectivity index (χ0n) is 17.8. The molecule has 0 N–H and O–H groups in total. The van der Waals surface area contributed by atoms with Gasteiger partial charge in [-0.25, -0.2) is 0 Å². The number of para-hydroxylation sites is 2. The molecule has 3 aromatic carbocycles. The number of rotatable bonds is 7. The molecule has 2 heterocycles. The Kier molecular flexibility index (Phi) is 6.01. The molecule has 0 spiro atoms. The van der Waals surface area contributed by atoms with Gasteiger partial charge in [0.05, 0.1) is 6.42 Å². The highest BCUT2D eigenvalue weighted by Crippen LogP contribution is 2.36. The maximum Gasteiger partial charge on any atom is 0.306 e. The normalized spacial score (nSPS) is 14.6. The van der Waals surface area contributed by atoms with E-state index >= 15 is 0 Å². The van der Waals surface area contributed by atoms with Gasteiger partial charge in [-0.1, -0.05) is 65.8 Å². The Morgan fingerprint density at radius 2 is 1.79 bits per heavy atom.